The van der Waals surface area contributed by atoms with Gasteiger partial charge in [0.15, 0.2) is 25.2 Å². The van der Waals surface area contributed by atoms with E-state index in [1.165, 1.54) is 0 Å². The van der Waals surface area contributed by atoms with Gasteiger partial charge in [-0.2, -0.15) is 0 Å². The Labute approximate surface area is 384 Å². The van der Waals surface area contributed by atoms with Gasteiger partial charge in [-0.15, -0.1) is 0 Å². The first-order valence-electron chi connectivity index (χ1n) is 21.0. The quantitative estimate of drug-likeness (QED) is 0.0448. The van der Waals surface area contributed by atoms with Crippen LogP contribution in [0.2, 0.25) is 0 Å². The van der Waals surface area contributed by atoms with Crippen LogP contribution in [0.25, 0.3) is 0 Å². The van der Waals surface area contributed by atoms with Gasteiger partial charge in [0.1, 0.15) is 116 Å². The number of rotatable bonds is 22. The fourth-order valence-electron chi connectivity index (χ4n) is 7.96. The maximum atomic E-state index is 13.0. The molecule has 4 fully saturated rings. The second-order valence-electron chi connectivity index (χ2n) is 16.5. The van der Waals surface area contributed by atoms with E-state index in [1.54, 1.807) is 0 Å². The highest BCUT2D eigenvalue weighted by Crippen LogP contribution is 2.37. The lowest BCUT2D eigenvalue weighted by Crippen LogP contribution is -2.71. The van der Waals surface area contributed by atoms with Crippen LogP contribution in [0, 0.1) is 0 Å². The van der Waals surface area contributed by atoms with Crippen LogP contribution < -0.4 is 10.6 Å². The Morgan fingerprint density at radius 3 is 1.75 bits per heavy atom. The monoisotopic (exact) mass is 998 g/mol. The minimum Gasteiger partial charge on any atom is -0.477 e. The molecule has 0 unspecified atom stereocenters. The molecule has 31 nitrogen and oxygen atoms in total. The van der Waals surface area contributed by atoms with E-state index in [2.05, 4.69) is 10.6 Å². The lowest BCUT2D eigenvalue weighted by atomic mass is 9.88. The number of aliphatic carboxylic acids is 1. The van der Waals surface area contributed by atoms with Crippen molar-refractivity contribution in [1.82, 2.24) is 10.6 Å². The normalized spacial score (nSPS) is 41.6. The van der Waals surface area contributed by atoms with Crippen molar-refractivity contribution in [3.63, 3.8) is 0 Å². The number of amides is 2. The number of nitrogens with one attached hydrogen (secondary N) is 2. The zero-order valence-electron chi connectivity index (χ0n) is 36.2. The number of carboxylic acid groups (broad SMARTS) is 1. The molecule has 4 saturated heterocycles. The fourth-order valence-corrected chi connectivity index (χ4v) is 7.96. The molecule has 2 amide bonds. The number of aldehydes is 1. The lowest BCUT2D eigenvalue weighted by molar-refractivity contribution is -0.376. The number of aliphatic hydroxyl groups excluding tert-OH is 16. The molecular formula is C37H62N2O29. The van der Waals surface area contributed by atoms with Gasteiger partial charge in [0, 0.05) is 20.3 Å². The van der Waals surface area contributed by atoms with E-state index in [0.29, 0.717) is 0 Å². The molecule has 0 saturated carbocycles. The molecule has 68 heavy (non-hydrogen) atoms. The SMILES string of the molecule is CC(=O)N[C@H]1[C@H](O[C@H]2[C@H](O)[C@@H](O[C@@H]([C@H](O)[C@H](O)C=O)[C@H](O)CO)O[C@@H](CO)[C@@H]2O)O[C@H](CO[C@@]2(C(=O)O)C[C@@H](O)[C@@H](NC(C)=O)[C@@H]([C@H](O)[C@H](O)CO)O2)[C@@H](O)[C@H]1O[C@@H]1O[C@H](CO)[C@@H](O)[C@H](O)[C@@H]1O. The van der Waals surface area contributed by atoms with Crippen LogP contribution in [0.4, 0.5) is 0 Å². The molecule has 0 aromatic carbocycles. The smallest absolute Gasteiger partial charge is 0.364 e. The lowest BCUT2D eigenvalue weighted by Gasteiger charge is -2.50. The molecule has 31 heteroatoms. The van der Waals surface area contributed by atoms with E-state index in [-0.39, 0.29) is 6.29 Å². The third kappa shape index (κ3) is 13.0. The number of aliphatic hydroxyl groups is 16. The molecule has 4 heterocycles. The van der Waals surface area contributed by atoms with Gasteiger partial charge in [-0.1, -0.05) is 0 Å². The van der Waals surface area contributed by atoms with Crippen molar-refractivity contribution in [3.8, 4) is 0 Å². The summed E-state index contributed by atoms with van der Waals surface area (Å²) in [6.07, 6.45) is -47.6. The molecule has 0 aliphatic carbocycles. The van der Waals surface area contributed by atoms with Gasteiger partial charge < -0.3 is 140 Å². The van der Waals surface area contributed by atoms with Gasteiger partial charge in [0.05, 0.1) is 45.2 Å². The molecule has 4 rings (SSSR count). The summed E-state index contributed by atoms with van der Waals surface area (Å²) in [5.74, 6) is -6.89. The number of ether oxygens (including phenoxy) is 8. The minimum atomic E-state index is -3.08. The van der Waals surface area contributed by atoms with Crippen molar-refractivity contribution < 1.29 is 144 Å². The topological polar surface area (TPSA) is 510 Å². The van der Waals surface area contributed by atoms with Crippen molar-refractivity contribution in [2.75, 3.05) is 33.0 Å². The second-order valence-corrected chi connectivity index (χ2v) is 16.5. The van der Waals surface area contributed by atoms with Crippen molar-refractivity contribution in [3.05, 3.63) is 0 Å². The Morgan fingerprint density at radius 2 is 1.21 bits per heavy atom. The Kier molecular flexibility index (Phi) is 21.2. The summed E-state index contributed by atoms with van der Waals surface area (Å²) in [4.78, 5) is 49.0. The van der Waals surface area contributed by atoms with E-state index in [4.69, 9.17) is 37.9 Å². The predicted octanol–water partition coefficient (Wildman–Crippen LogP) is -12.6. The first-order chi connectivity index (χ1) is 31.9. The number of carboxylic acids is 1. The third-order valence-corrected chi connectivity index (χ3v) is 11.6. The highest BCUT2D eigenvalue weighted by Gasteiger charge is 2.59. The molecule has 0 aromatic rings. The van der Waals surface area contributed by atoms with Crippen LogP contribution in [-0.2, 0) is 57.1 Å². The Hall–Kier alpha value is -2.88. The third-order valence-electron chi connectivity index (χ3n) is 11.6. The van der Waals surface area contributed by atoms with Gasteiger partial charge in [-0.3, -0.25) is 9.59 Å². The predicted molar refractivity (Wildman–Crippen MR) is 208 cm³/mol. The molecule has 0 aromatic heterocycles. The van der Waals surface area contributed by atoms with Crippen LogP contribution in [0.3, 0.4) is 0 Å². The Morgan fingerprint density at radius 1 is 0.676 bits per heavy atom. The van der Waals surface area contributed by atoms with Gasteiger partial charge in [-0.05, 0) is 0 Å². The van der Waals surface area contributed by atoms with Crippen LogP contribution in [0.1, 0.15) is 20.3 Å². The van der Waals surface area contributed by atoms with E-state index in [0.717, 1.165) is 13.8 Å². The zero-order valence-corrected chi connectivity index (χ0v) is 36.2. The summed E-state index contributed by atoms with van der Waals surface area (Å²) < 4.78 is 45.3. The second kappa shape index (κ2) is 25.0. The summed E-state index contributed by atoms with van der Waals surface area (Å²) >= 11 is 0. The highest BCUT2D eigenvalue weighted by atomic mass is 16.8. The van der Waals surface area contributed by atoms with Gasteiger partial charge in [-0.25, -0.2) is 4.79 Å². The van der Waals surface area contributed by atoms with E-state index in [1.807, 2.05) is 0 Å². The molecule has 0 bridgehead atoms. The molecule has 394 valence electrons. The maximum Gasteiger partial charge on any atom is 0.364 e. The molecule has 4 aliphatic rings. The van der Waals surface area contributed by atoms with Gasteiger partial charge >= 0.3 is 5.97 Å². The highest BCUT2D eigenvalue weighted by molar-refractivity contribution is 5.76. The minimum absolute atomic E-state index is 0.165. The fraction of sp³-hybridized carbons (Fsp3) is 0.892. The van der Waals surface area contributed by atoms with Crippen molar-refractivity contribution in [1.29, 1.82) is 0 Å². The summed E-state index contributed by atoms with van der Waals surface area (Å²) in [7, 11) is 0. The first kappa shape index (κ1) is 57.7. The summed E-state index contributed by atoms with van der Waals surface area (Å²) in [5, 5.41) is 184. The van der Waals surface area contributed by atoms with Crippen LogP contribution >= 0.6 is 0 Å². The van der Waals surface area contributed by atoms with Gasteiger partial charge in [0.2, 0.25) is 11.8 Å². The Balaban J connectivity index is 1.79. The number of carbonyl (C=O) groups is 4. The zero-order chi connectivity index (χ0) is 51.1. The molecule has 0 spiro atoms. The van der Waals surface area contributed by atoms with E-state index >= 15 is 0 Å². The number of hydrogen-bond acceptors (Lipinski definition) is 28. The maximum absolute atomic E-state index is 13.0. The summed E-state index contributed by atoms with van der Waals surface area (Å²) in [6, 6.07) is -3.58. The molecule has 25 atom stereocenters. The summed E-state index contributed by atoms with van der Waals surface area (Å²) in [6.45, 7) is -3.69. The average Bonchev–Trinajstić information content (AvgIpc) is 3.30. The summed E-state index contributed by atoms with van der Waals surface area (Å²) in [5.41, 5.74) is 0. The Bertz CT molecular complexity index is 1640. The number of carbonyl (C=O) groups excluding carboxylic acids is 3. The average molecular weight is 999 g/mol. The molecular weight excluding hydrogens is 936 g/mol. The van der Waals surface area contributed by atoms with Crippen molar-refractivity contribution >= 4 is 24.1 Å². The van der Waals surface area contributed by atoms with Crippen LogP contribution in [-0.4, -0.2) is 297 Å². The van der Waals surface area contributed by atoms with Crippen LogP contribution in [0.5, 0.6) is 0 Å². The standard InChI is InChI=1S/C37H62N2O29/c1-10(45)38-19-12(47)3-37(36(59)60,68-31(19)22(52)14(49)5-41)61-9-18-25(55)30(66-34-27(57)26(56)23(53)16(7-43)62-34)20(39-11(2)46)33(64-18)67-32-24(54)17(8-44)63-35(28(32)58)65-29(15(50)6-42)21(51)13(48)4-40/h4,12-35,41-44,47-58H,3,5-9H2,1-2H3,(H,38,45)(H,39,46)(H,59,60)/t12-,13-,14-,15-,16-,17+,18-,19-,20-,21-,22-,23-,24+,25-,26+,27+,28+,29-,30+,31+,32-,33+,34+,35-,37+/m1/s1. The molecule has 0 radical (unpaired) electrons. The van der Waals surface area contributed by atoms with E-state index in [9.17, 15) is 106 Å². The van der Waals surface area contributed by atoms with E-state index < -0.39 is 210 Å². The number of hydrogen-bond donors (Lipinski definition) is 19. The molecule has 19 N–H and O–H groups in total. The van der Waals surface area contributed by atoms with Crippen molar-refractivity contribution in [2.24, 2.45) is 0 Å². The first-order valence-corrected chi connectivity index (χ1v) is 21.0. The molecule has 4 aliphatic heterocycles. The van der Waals surface area contributed by atoms with Gasteiger partial charge in [0.25, 0.3) is 5.79 Å². The largest absolute Gasteiger partial charge is 0.477 e. The van der Waals surface area contributed by atoms with Crippen molar-refractivity contribution in [2.45, 2.75) is 173 Å². The van der Waals surface area contributed by atoms with Crippen LogP contribution in [0.15, 0.2) is 0 Å².